The van der Waals surface area contributed by atoms with E-state index in [1.807, 2.05) is 6.26 Å². The molecule has 1 heterocycles. The molecule has 0 radical (unpaired) electrons. The van der Waals surface area contributed by atoms with Crippen molar-refractivity contribution in [3.05, 3.63) is 29.6 Å². The zero-order valence-electron chi connectivity index (χ0n) is 17.6. The average molecular weight is 441 g/mol. The van der Waals surface area contributed by atoms with Gasteiger partial charge in [-0.2, -0.15) is 11.8 Å². The van der Waals surface area contributed by atoms with Crippen LogP contribution in [0.25, 0.3) is 0 Å². The van der Waals surface area contributed by atoms with Gasteiger partial charge in [-0.25, -0.2) is 9.18 Å². The first kappa shape index (κ1) is 24.0. The number of ether oxygens (including phenoxy) is 2. The van der Waals surface area contributed by atoms with Crippen molar-refractivity contribution in [2.24, 2.45) is 0 Å². The minimum absolute atomic E-state index is 0.102. The first-order chi connectivity index (χ1) is 14.3. The van der Waals surface area contributed by atoms with Crippen molar-refractivity contribution in [3.63, 3.8) is 0 Å². The van der Waals surface area contributed by atoms with Crippen LogP contribution < -0.4 is 15.4 Å². The lowest BCUT2D eigenvalue weighted by Crippen LogP contribution is -2.46. The van der Waals surface area contributed by atoms with Gasteiger partial charge in [0, 0.05) is 24.4 Å². The molecule has 2 rings (SSSR count). The van der Waals surface area contributed by atoms with Crippen molar-refractivity contribution < 1.29 is 28.2 Å². The summed E-state index contributed by atoms with van der Waals surface area (Å²) in [4.78, 5) is 36.3. The highest BCUT2D eigenvalue weighted by molar-refractivity contribution is 7.98. The van der Waals surface area contributed by atoms with Crippen molar-refractivity contribution in [1.82, 2.24) is 10.6 Å². The fraction of sp³-hybridized carbons (Fsp3) is 0.571. The fourth-order valence-corrected chi connectivity index (χ4v) is 4.06. The molecule has 0 saturated carbocycles. The first-order valence-corrected chi connectivity index (χ1v) is 11.2. The Morgan fingerprint density at radius 2 is 2.13 bits per heavy atom. The summed E-state index contributed by atoms with van der Waals surface area (Å²) in [5.41, 5.74) is -0.255. The summed E-state index contributed by atoms with van der Waals surface area (Å²) in [6, 6.07) is 3.90. The van der Waals surface area contributed by atoms with E-state index in [0.29, 0.717) is 42.7 Å². The van der Waals surface area contributed by atoms with Crippen molar-refractivity contribution in [2.45, 2.75) is 50.1 Å². The molecule has 0 unspecified atom stereocenters. The second-order valence-electron chi connectivity index (χ2n) is 7.39. The van der Waals surface area contributed by atoms with Gasteiger partial charge in [-0.05, 0) is 49.3 Å². The number of carbonyl (C=O) groups is 3. The molecule has 1 aliphatic rings. The van der Waals surface area contributed by atoms with Gasteiger partial charge in [0.05, 0.1) is 14.2 Å². The Labute approximate surface area is 180 Å². The number of benzene rings is 1. The van der Waals surface area contributed by atoms with E-state index in [0.717, 1.165) is 0 Å². The van der Waals surface area contributed by atoms with Gasteiger partial charge in [-0.15, -0.1) is 0 Å². The van der Waals surface area contributed by atoms with Crippen LogP contribution in [0.2, 0.25) is 0 Å². The highest BCUT2D eigenvalue weighted by Crippen LogP contribution is 2.31. The van der Waals surface area contributed by atoms with E-state index in [1.165, 1.54) is 20.3 Å². The van der Waals surface area contributed by atoms with E-state index in [9.17, 15) is 18.8 Å². The van der Waals surface area contributed by atoms with Crippen molar-refractivity contribution in [1.29, 1.82) is 0 Å². The molecule has 0 aliphatic carbocycles. The molecule has 30 heavy (non-hydrogen) atoms. The Balaban J connectivity index is 2.04. The predicted octanol–water partition coefficient (Wildman–Crippen LogP) is 2.22. The van der Waals surface area contributed by atoms with Crippen LogP contribution >= 0.6 is 11.8 Å². The largest absolute Gasteiger partial charge is 0.497 e. The molecule has 0 spiro atoms. The lowest BCUT2D eigenvalue weighted by molar-refractivity contribution is -0.145. The Morgan fingerprint density at radius 1 is 1.37 bits per heavy atom. The highest BCUT2D eigenvalue weighted by Gasteiger charge is 2.38. The maximum Gasteiger partial charge on any atom is 0.328 e. The molecule has 166 valence electrons. The zero-order valence-corrected chi connectivity index (χ0v) is 18.4. The molecule has 1 fully saturated rings. The second-order valence-corrected chi connectivity index (χ2v) is 8.37. The van der Waals surface area contributed by atoms with Crippen LogP contribution in [0.4, 0.5) is 4.39 Å². The third-order valence-electron chi connectivity index (χ3n) is 5.29. The number of esters is 1. The minimum atomic E-state index is -0.705. The number of carbonyl (C=O) groups excluding carboxylic acids is 3. The number of hydrogen-bond donors (Lipinski definition) is 2. The van der Waals surface area contributed by atoms with E-state index < -0.39 is 23.4 Å². The van der Waals surface area contributed by atoms with Crippen molar-refractivity contribution in [2.75, 3.05) is 26.2 Å². The van der Waals surface area contributed by atoms with Gasteiger partial charge < -0.3 is 20.1 Å². The fourth-order valence-electron chi connectivity index (χ4n) is 3.59. The normalized spacial score (nSPS) is 19.1. The molecule has 1 saturated heterocycles. The molecule has 0 aromatic heterocycles. The average Bonchev–Trinajstić information content (AvgIpc) is 3.11. The van der Waals surface area contributed by atoms with Gasteiger partial charge in [-0.3, -0.25) is 9.59 Å². The van der Waals surface area contributed by atoms with Crippen LogP contribution in [0.5, 0.6) is 5.75 Å². The van der Waals surface area contributed by atoms with E-state index >= 15 is 0 Å². The molecule has 2 N–H and O–H groups in total. The number of amides is 2. The zero-order chi connectivity index (χ0) is 22.1. The monoisotopic (exact) mass is 440 g/mol. The van der Waals surface area contributed by atoms with Crippen molar-refractivity contribution in [3.8, 4) is 5.75 Å². The summed E-state index contributed by atoms with van der Waals surface area (Å²) in [7, 11) is 2.75. The maximum atomic E-state index is 14.4. The third-order valence-corrected chi connectivity index (χ3v) is 5.93. The Kier molecular flexibility index (Phi) is 8.95. The molecular weight excluding hydrogens is 411 g/mol. The van der Waals surface area contributed by atoms with Gasteiger partial charge in [0.2, 0.25) is 11.8 Å². The number of rotatable bonds is 11. The summed E-state index contributed by atoms with van der Waals surface area (Å²) < 4.78 is 24.2. The number of hydrogen-bond acceptors (Lipinski definition) is 6. The van der Waals surface area contributed by atoms with E-state index in [2.05, 4.69) is 10.6 Å². The third kappa shape index (κ3) is 6.62. The van der Waals surface area contributed by atoms with Crippen LogP contribution in [-0.4, -0.2) is 55.6 Å². The Bertz CT molecular complexity index is 776. The highest BCUT2D eigenvalue weighted by atomic mass is 32.2. The number of thioether (sulfide) groups is 1. The minimum Gasteiger partial charge on any atom is -0.497 e. The molecular formula is C21H29FN2O5S. The van der Waals surface area contributed by atoms with Gasteiger partial charge in [0.15, 0.2) is 0 Å². The molecule has 7 nitrogen and oxygen atoms in total. The van der Waals surface area contributed by atoms with E-state index in [-0.39, 0.29) is 24.7 Å². The predicted molar refractivity (Wildman–Crippen MR) is 113 cm³/mol. The van der Waals surface area contributed by atoms with Crippen molar-refractivity contribution >= 4 is 29.5 Å². The topological polar surface area (TPSA) is 93.7 Å². The number of nitrogens with one attached hydrogen (secondary N) is 2. The molecule has 1 aliphatic heterocycles. The van der Waals surface area contributed by atoms with Gasteiger partial charge >= 0.3 is 5.97 Å². The smallest absolute Gasteiger partial charge is 0.328 e. The quantitative estimate of drug-likeness (QED) is 0.513. The lowest BCUT2D eigenvalue weighted by atomic mass is 9.84. The summed E-state index contributed by atoms with van der Waals surface area (Å²) in [6.07, 6.45) is 3.95. The standard InChI is InChI=1S/C21H29FN2O5S/c1-28-15-5-4-14(16(22)12-15)13-21(10-7-19(26)24-21)9-6-18(25)23-17(8-11-30-3)20(27)29-2/h4-5,12,17H,6-11,13H2,1-3H3,(H,23,25)(H,24,26)/t17-,21-/m1/s1. The molecule has 0 bridgehead atoms. The van der Waals surface area contributed by atoms with Gasteiger partial charge in [0.1, 0.15) is 17.6 Å². The summed E-state index contributed by atoms with van der Waals surface area (Å²) in [5, 5.41) is 5.65. The lowest BCUT2D eigenvalue weighted by Gasteiger charge is -2.30. The van der Waals surface area contributed by atoms with E-state index in [4.69, 9.17) is 9.47 Å². The summed E-state index contributed by atoms with van der Waals surface area (Å²) in [6.45, 7) is 0. The molecule has 1 aromatic carbocycles. The Hall–Kier alpha value is -2.29. The molecule has 9 heteroatoms. The molecule has 2 atom stereocenters. The molecule has 2 amide bonds. The summed E-state index contributed by atoms with van der Waals surface area (Å²) >= 11 is 1.57. The van der Waals surface area contributed by atoms with Crippen LogP contribution in [0.3, 0.4) is 0 Å². The summed E-state index contributed by atoms with van der Waals surface area (Å²) in [5.74, 6) is -0.196. The van der Waals surface area contributed by atoms with Gasteiger partial charge in [-0.1, -0.05) is 6.07 Å². The van der Waals surface area contributed by atoms with Crippen LogP contribution in [0.1, 0.15) is 37.7 Å². The molecule has 1 aromatic rings. The van der Waals surface area contributed by atoms with Crippen LogP contribution in [-0.2, 0) is 25.5 Å². The number of halogens is 1. The first-order valence-electron chi connectivity index (χ1n) is 9.82. The number of methoxy groups -OCH3 is 2. The second kappa shape index (κ2) is 11.2. The van der Waals surface area contributed by atoms with Crippen LogP contribution in [0, 0.1) is 5.82 Å². The van der Waals surface area contributed by atoms with E-state index in [1.54, 1.807) is 23.9 Å². The Morgan fingerprint density at radius 3 is 2.70 bits per heavy atom. The van der Waals surface area contributed by atoms with Crippen LogP contribution in [0.15, 0.2) is 18.2 Å². The maximum absolute atomic E-state index is 14.4. The SMILES string of the molecule is COC(=O)[C@@H](CCSC)NC(=O)CC[C@]1(Cc2ccc(OC)cc2F)CCC(=O)N1. The van der Waals surface area contributed by atoms with Gasteiger partial charge in [0.25, 0.3) is 0 Å².